The lowest BCUT2D eigenvalue weighted by molar-refractivity contribution is -0.141. The van der Waals surface area contributed by atoms with E-state index in [1.165, 1.54) is 94.8 Å². The number of fused-ring (bicyclic) bond motifs is 2. The Kier molecular flexibility index (Phi) is 21.8. The van der Waals surface area contributed by atoms with E-state index in [4.69, 9.17) is 4.74 Å². The van der Waals surface area contributed by atoms with E-state index in [-0.39, 0.29) is 5.92 Å². The Hall–Kier alpha value is -2.95. The molecule has 5 heteroatoms. The average molecular weight is 731 g/mol. The molecule has 0 aromatic heterocycles. The Morgan fingerprint density at radius 3 is 1.55 bits per heavy atom. The maximum absolute atomic E-state index is 12.8. The third-order valence-corrected chi connectivity index (χ3v) is 11.2. The van der Waals surface area contributed by atoms with Crippen LogP contribution < -0.4 is 14.5 Å². The van der Waals surface area contributed by atoms with Gasteiger partial charge in [0.25, 0.3) is 0 Å². The average Bonchev–Trinajstić information content (AvgIpc) is 3.15. The van der Waals surface area contributed by atoms with Crippen LogP contribution in [0.1, 0.15) is 187 Å². The van der Waals surface area contributed by atoms with Gasteiger partial charge in [-0.25, -0.2) is 0 Å². The molecule has 5 nitrogen and oxygen atoms in total. The smallest absolute Gasteiger partial charge is 0.306 e. The summed E-state index contributed by atoms with van der Waals surface area (Å²) in [6, 6.07) is 13.4. The van der Waals surface area contributed by atoms with Crippen LogP contribution in [0.4, 0.5) is 11.4 Å². The lowest BCUT2D eigenvalue weighted by Gasteiger charge is -2.33. The molecule has 0 aliphatic carbocycles. The van der Waals surface area contributed by atoms with Gasteiger partial charge in [-0.2, -0.15) is 0 Å². The van der Waals surface area contributed by atoms with Crippen LogP contribution in [-0.4, -0.2) is 37.3 Å². The number of anilines is 2. The monoisotopic (exact) mass is 731 g/mol. The van der Waals surface area contributed by atoms with Gasteiger partial charge in [-0.1, -0.05) is 143 Å². The molecular formula is C48H78N2O3. The zero-order valence-electron chi connectivity index (χ0n) is 35.0. The first kappa shape index (κ1) is 44.4. The van der Waals surface area contributed by atoms with Crippen molar-refractivity contribution in [1.29, 1.82) is 0 Å². The largest absolute Gasteiger partial charge is 0.481 e. The highest BCUT2D eigenvalue weighted by molar-refractivity contribution is 5.71. The van der Waals surface area contributed by atoms with Crippen LogP contribution in [-0.2, 0) is 4.79 Å². The highest BCUT2D eigenvalue weighted by Gasteiger charge is 2.32. The van der Waals surface area contributed by atoms with Gasteiger partial charge in [0.1, 0.15) is 11.5 Å². The van der Waals surface area contributed by atoms with E-state index in [2.05, 4.69) is 99.9 Å². The van der Waals surface area contributed by atoms with E-state index >= 15 is 0 Å². The molecule has 1 aliphatic rings. The molecule has 0 spiro atoms. The minimum Gasteiger partial charge on any atom is -0.481 e. The van der Waals surface area contributed by atoms with Crippen molar-refractivity contribution in [3.8, 4) is 11.5 Å². The van der Waals surface area contributed by atoms with Crippen LogP contribution in [0.5, 0.6) is 11.5 Å². The summed E-state index contributed by atoms with van der Waals surface area (Å²) in [7, 11) is 0. The van der Waals surface area contributed by atoms with E-state index in [9.17, 15) is 9.90 Å². The topological polar surface area (TPSA) is 53.0 Å². The molecular weight excluding hydrogens is 653 g/mol. The maximum Gasteiger partial charge on any atom is 0.306 e. The van der Waals surface area contributed by atoms with Crippen molar-refractivity contribution in [1.82, 2.24) is 0 Å². The van der Waals surface area contributed by atoms with Gasteiger partial charge in [-0.3, -0.25) is 4.79 Å². The molecule has 3 rings (SSSR count). The van der Waals surface area contributed by atoms with Crippen molar-refractivity contribution in [2.24, 2.45) is 11.8 Å². The number of nitrogens with zero attached hydrogens (tertiary/aromatic N) is 2. The molecule has 1 unspecified atom stereocenters. The minimum atomic E-state index is -0.707. The van der Waals surface area contributed by atoms with Gasteiger partial charge in [0.2, 0.25) is 0 Å². The molecule has 0 bridgehead atoms. The van der Waals surface area contributed by atoms with Crippen molar-refractivity contribution in [3.63, 3.8) is 0 Å². The molecule has 1 heterocycles. The van der Waals surface area contributed by atoms with Crippen molar-refractivity contribution in [2.75, 3.05) is 36.0 Å². The molecule has 2 aromatic carbocycles. The maximum atomic E-state index is 12.8. The summed E-state index contributed by atoms with van der Waals surface area (Å²) < 4.78 is 6.82. The molecule has 0 saturated heterocycles. The van der Waals surface area contributed by atoms with Crippen molar-refractivity contribution in [3.05, 3.63) is 59.7 Å². The number of ether oxygens (including phenoxy) is 1. The Labute approximate surface area is 326 Å². The minimum absolute atomic E-state index is 0.0313. The first-order chi connectivity index (χ1) is 25.8. The molecule has 0 radical (unpaired) electrons. The van der Waals surface area contributed by atoms with Crippen molar-refractivity contribution in [2.45, 2.75) is 176 Å². The molecule has 1 aliphatic heterocycles. The second kappa shape index (κ2) is 26.0. The van der Waals surface area contributed by atoms with E-state index in [0.717, 1.165) is 86.8 Å². The third-order valence-electron chi connectivity index (χ3n) is 11.2. The van der Waals surface area contributed by atoms with Crippen LogP contribution >= 0.6 is 0 Å². The zero-order valence-corrected chi connectivity index (χ0v) is 35.0. The summed E-state index contributed by atoms with van der Waals surface area (Å²) in [4.78, 5) is 17.8. The molecule has 53 heavy (non-hydrogen) atoms. The Morgan fingerprint density at radius 2 is 1.11 bits per heavy atom. The van der Waals surface area contributed by atoms with E-state index in [1.807, 2.05) is 0 Å². The van der Waals surface area contributed by atoms with Crippen LogP contribution in [0.2, 0.25) is 0 Å². The second-order valence-corrected chi connectivity index (χ2v) is 16.3. The van der Waals surface area contributed by atoms with Gasteiger partial charge in [-0.15, -0.1) is 0 Å². The lowest BCUT2D eigenvalue weighted by atomic mass is 9.80. The first-order valence-corrected chi connectivity index (χ1v) is 22.2. The summed E-state index contributed by atoms with van der Waals surface area (Å²) in [5, 5.41) is 10.5. The standard InChI is InChI=1S/C48H78N2O3/c1-7-11-32-49(33-12-8-2)41-28-30-43-45(36-40(48(51)52)27-25-23-21-19-17-15-16-18-20-22-24-26-39(5)6)44-31-29-42(38-47(44)53-46(43)37-41)50(34-13-9-3)35-14-10-4/h23,25,28-31,37-40,45H,7-22,24,26-27,32-36H2,1-6H3,(H,51,52)/b25-23+. The zero-order chi connectivity index (χ0) is 38.3. The Morgan fingerprint density at radius 1 is 0.660 bits per heavy atom. The summed E-state index contributed by atoms with van der Waals surface area (Å²) in [5.41, 5.74) is 4.64. The lowest BCUT2D eigenvalue weighted by Crippen LogP contribution is -2.26. The molecule has 0 saturated carbocycles. The van der Waals surface area contributed by atoms with Crippen LogP contribution in [0.15, 0.2) is 48.6 Å². The number of hydrogen-bond acceptors (Lipinski definition) is 4. The van der Waals surface area contributed by atoms with Gasteiger partial charge >= 0.3 is 5.97 Å². The van der Waals surface area contributed by atoms with Gasteiger partial charge in [0.05, 0.1) is 5.92 Å². The molecule has 0 amide bonds. The summed E-state index contributed by atoms with van der Waals surface area (Å²) in [5.74, 6) is 1.41. The number of aliphatic carboxylic acids is 1. The number of rotatable bonds is 30. The van der Waals surface area contributed by atoms with E-state index in [1.54, 1.807) is 0 Å². The molecule has 1 atom stereocenters. The Bertz CT molecular complexity index is 1230. The number of carboxylic acids is 1. The highest BCUT2D eigenvalue weighted by atomic mass is 16.5. The number of unbranched alkanes of at least 4 members (excludes halogenated alkanes) is 12. The summed E-state index contributed by atoms with van der Waals surface area (Å²) in [6.07, 6.45) is 27.8. The normalized spacial score (nSPS) is 13.3. The fraction of sp³-hybridized carbons (Fsp3) is 0.688. The van der Waals surface area contributed by atoms with Crippen LogP contribution in [0.3, 0.4) is 0 Å². The first-order valence-electron chi connectivity index (χ1n) is 22.2. The number of carbonyl (C=O) groups is 1. The fourth-order valence-corrected chi connectivity index (χ4v) is 7.70. The summed E-state index contributed by atoms with van der Waals surface area (Å²) >= 11 is 0. The predicted octanol–water partition coefficient (Wildman–Crippen LogP) is 14.3. The highest BCUT2D eigenvalue weighted by Crippen LogP contribution is 2.49. The van der Waals surface area contributed by atoms with Gasteiger partial charge in [0.15, 0.2) is 0 Å². The number of benzene rings is 2. The van der Waals surface area contributed by atoms with Crippen LogP contribution in [0, 0.1) is 11.8 Å². The van der Waals surface area contributed by atoms with Crippen molar-refractivity contribution >= 4 is 17.3 Å². The van der Waals surface area contributed by atoms with Crippen molar-refractivity contribution < 1.29 is 14.6 Å². The molecule has 0 fully saturated rings. The fourth-order valence-electron chi connectivity index (χ4n) is 7.70. The van der Waals surface area contributed by atoms with Gasteiger partial charge in [0, 0.05) is 66.7 Å². The van der Waals surface area contributed by atoms with E-state index < -0.39 is 11.9 Å². The number of hydrogen-bond donors (Lipinski definition) is 1. The van der Waals surface area contributed by atoms with Gasteiger partial charge in [-0.05, 0) is 69.4 Å². The molecule has 298 valence electrons. The molecule has 1 N–H and O–H groups in total. The second-order valence-electron chi connectivity index (χ2n) is 16.3. The third kappa shape index (κ3) is 15.7. The SMILES string of the molecule is CCCCN(CCCC)c1ccc2c(c1)Oc1cc(N(CCCC)CCCC)ccc1C2CC(C/C=C/CCCCCCCCCCC(C)C)C(=O)O. The summed E-state index contributed by atoms with van der Waals surface area (Å²) in [6.45, 7) is 17.8. The van der Waals surface area contributed by atoms with E-state index in [0.29, 0.717) is 12.8 Å². The van der Waals surface area contributed by atoms with Crippen LogP contribution in [0.25, 0.3) is 0 Å². The predicted molar refractivity (Wildman–Crippen MR) is 229 cm³/mol. The molecule has 2 aromatic rings. The quantitative estimate of drug-likeness (QED) is 0.0641. The number of carboxylic acid groups (broad SMARTS) is 1. The number of allylic oxidation sites excluding steroid dienone is 2. The van der Waals surface area contributed by atoms with Gasteiger partial charge < -0.3 is 19.6 Å². The Balaban J connectivity index is 1.76.